The van der Waals surface area contributed by atoms with Crippen molar-refractivity contribution < 1.29 is 23.6 Å². The molecule has 0 spiro atoms. The molecular formula is C21H22N2O5. The summed E-state index contributed by atoms with van der Waals surface area (Å²) in [7, 11) is 1.58. The molecule has 0 fully saturated rings. The fraction of sp³-hybridized carbons (Fsp3) is 0.286. The summed E-state index contributed by atoms with van der Waals surface area (Å²) in [6, 6.07) is 16.9. The minimum Gasteiger partial charge on any atom is -0.455 e. The van der Waals surface area contributed by atoms with E-state index in [0.29, 0.717) is 31.0 Å². The van der Waals surface area contributed by atoms with Crippen molar-refractivity contribution in [2.75, 3.05) is 26.9 Å². The van der Waals surface area contributed by atoms with Gasteiger partial charge in [0.05, 0.1) is 13.0 Å². The zero-order valence-corrected chi connectivity index (χ0v) is 15.7. The molecule has 3 rings (SSSR count). The first kappa shape index (κ1) is 19.6. The van der Waals surface area contributed by atoms with Crippen LogP contribution in [0.15, 0.2) is 59.1 Å². The van der Waals surface area contributed by atoms with E-state index in [9.17, 15) is 9.59 Å². The van der Waals surface area contributed by atoms with Crippen LogP contribution < -0.4 is 0 Å². The maximum absolute atomic E-state index is 12.5. The van der Waals surface area contributed by atoms with Gasteiger partial charge in [0.2, 0.25) is 0 Å². The molecule has 0 aliphatic carbocycles. The molecule has 0 saturated carbocycles. The number of rotatable bonds is 9. The van der Waals surface area contributed by atoms with Crippen molar-refractivity contribution in [3.05, 3.63) is 65.9 Å². The average Bonchev–Trinajstić information content (AvgIpc) is 3.13. The SMILES string of the molecule is COCCN(Cc1ccccc1)C(=O)COC(=O)Cc1noc2ccccc12. The van der Waals surface area contributed by atoms with E-state index >= 15 is 0 Å². The number of carbonyl (C=O) groups is 2. The minimum atomic E-state index is -0.529. The van der Waals surface area contributed by atoms with Crippen LogP contribution in [0.5, 0.6) is 0 Å². The molecule has 0 aliphatic heterocycles. The van der Waals surface area contributed by atoms with Gasteiger partial charge in [-0.05, 0) is 17.7 Å². The minimum absolute atomic E-state index is 0.0545. The molecule has 3 aromatic rings. The first-order valence-electron chi connectivity index (χ1n) is 8.97. The van der Waals surface area contributed by atoms with Gasteiger partial charge in [-0.25, -0.2) is 0 Å². The lowest BCUT2D eigenvalue weighted by Crippen LogP contribution is -2.36. The number of hydrogen-bond donors (Lipinski definition) is 0. The quantitative estimate of drug-likeness (QED) is 0.529. The fourth-order valence-electron chi connectivity index (χ4n) is 2.78. The van der Waals surface area contributed by atoms with Gasteiger partial charge in [-0.2, -0.15) is 0 Å². The number of aromatic nitrogens is 1. The standard InChI is InChI=1S/C21H22N2O5/c1-26-12-11-23(14-16-7-3-2-4-8-16)20(24)15-27-21(25)13-18-17-9-5-6-10-19(17)28-22-18/h2-10H,11-15H2,1H3. The molecule has 0 radical (unpaired) electrons. The zero-order valence-electron chi connectivity index (χ0n) is 15.7. The van der Waals surface area contributed by atoms with Crippen LogP contribution in [0.4, 0.5) is 0 Å². The summed E-state index contributed by atoms with van der Waals surface area (Å²) in [5, 5.41) is 4.67. The van der Waals surface area contributed by atoms with E-state index in [1.54, 1.807) is 18.1 Å². The van der Waals surface area contributed by atoms with Crippen LogP contribution in [0.3, 0.4) is 0 Å². The van der Waals surface area contributed by atoms with Crippen molar-refractivity contribution in [1.82, 2.24) is 10.1 Å². The Balaban J connectivity index is 1.56. The Bertz CT molecular complexity index is 923. The van der Waals surface area contributed by atoms with E-state index in [4.69, 9.17) is 14.0 Å². The van der Waals surface area contributed by atoms with Crippen LogP contribution in [0.25, 0.3) is 11.0 Å². The van der Waals surface area contributed by atoms with Crippen LogP contribution >= 0.6 is 0 Å². The van der Waals surface area contributed by atoms with Gasteiger partial charge in [0.25, 0.3) is 5.91 Å². The molecule has 0 saturated heterocycles. The Kier molecular flexibility index (Phi) is 6.75. The van der Waals surface area contributed by atoms with Crippen molar-refractivity contribution >= 4 is 22.8 Å². The van der Waals surface area contributed by atoms with Crippen molar-refractivity contribution in [3.63, 3.8) is 0 Å². The van der Waals surface area contributed by atoms with E-state index in [-0.39, 0.29) is 18.9 Å². The number of fused-ring (bicyclic) bond motifs is 1. The van der Waals surface area contributed by atoms with E-state index in [2.05, 4.69) is 5.16 Å². The third-order valence-corrected chi connectivity index (χ3v) is 4.25. The summed E-state index contributed by atoms with van der Waals surface area (Å²) >= 11 is 0. The van der Waals surface area contributed by atoms with Crippen LogP contribution in [0.2, 0.25) is 0 Å². The van der Waals surface area contributed by atoms with Crippen LogP contribution in [-0.2, 0) is 32.0 Å². The molecule has 0 aliphatic rings. The molecule has 0 atom stereocenters. The van der Waals surface area contributed by atoms with E-state index in [1.165, 1.54) is 0 Å². The maximum atomic E-state index is 12.5. The number of para-hydroxylation sites is 1. The largest absolute Gasteiger partial charge is 0.455 e. The second kappa shape index (κ2) is 9.66. The van der Waals surface area contributed by atoms with E-state index in [0.717, 1.165) is 10.9 Å². The summed E-state index contributed by atoms with van der Waals surface area (Å²) in [5.41, 5.74) is 2.09. The molecular weight excluding hydrogens is 360 g/mol. The molecule has 1 heterocycles. The number of ether oxygens (including phenoxy) is 2. The third kappa shape index (κ3) is 5.17. The predicted molar refractivity (Wildman–Crippen MR) is 102 cm³/mol. The number of amides is 1. The van der Waals surface area contributed by atoms with Crippen LogP contribution in [0.1, 0.15) is 11.3 Å². The second-order valence-electron chi connectivity index (χ2n) is 6.26. The van der Waals surface area contributed by atoms with Gasteiger partial charge in [0.15, 0.2) is 12.2 Å². The summed E-state index contributed by atoms with van der Waals surface area (Å²) in [5.74, 6) is -0.807. The lowest BCUT2D eigenvalue weighted by molar-refractivity contribution is -0.152. The van der Waals surface area contributed by atoms with E-state index < -0.39 is 5.97 Å². The molecule has 7 nitrogen and oxygen atoms in total. The number of benzene rings is 2. The van der Waals surface area contributed by atoms with E-state index in [1.807, 2.05) is 48.5 Å². The van der Waals surface area contributed by atoms with Gasteiger partial charge in [-0.1, -0.05) is 47.6 Å². The zero-order chi connectivity index (χ0) is 19.8. The smallest absolute Gasteiger partial charge is 0.312 e. The Morgan fingerprint density at radius 1 is 1.07 bits per heavy atom. The van der Waals surface area contributed by atoms with Gasteiger partial charge in [-0.3, -0.25) is 9.59 Å². The van der Waals surface area contributed by atoms with Gasteiger partial charge in [0, 0.05) is 25.6 Å². The Labute approximate surface area is 162 Å². The van der Waals surface area contributed by atoms with Crippen LogP contribution in [-0.4, -0.2) is 48.8 Å². The normalized spacial score (nSPS) is 10.8. The summed E-state index contributed by atoms with van der Waals surface area (Å²) < 4.78 is 15.4. The number of methoxy groups -OCH3 is 1. The molecule has 146 valence electrons. The second-order valence-corrected chi connectivity index (χ2v) is 6.26. The lowest BCUT2D eigenvalue weighted by Gasteiger charge is -2.22. The van der Waals surface area contributed by atoms with Crippen molar-refractivity contribution in [1.29, 1.82) is 0 Å². The van der Waals surface area contributed by atoms with Crippen molar-refractivity contribution in [3.8, 4) is 0 Å². The number of hydrogen-bond acceptors (Lipinski definition) is 6. The number of esters is 1. The first-order valence-corrected chi connectivity index (χ1v) is 8.97. The van der Waals surface area contributed by atoms with Gasteiger partial charge < -0.3 is 18.9 Å². The molecule has 1 aromatic heterocycles. The predicted octanol–water partition coefficient (Wildman–Crippen LogP) is 2.59. The highest BCUT2D eigenvalue weighted by molar-refractivity contribution is 5.85. The van der Waals surface area contributed by atoms with Crippen LogP contribution in [0, 0.1) is 0 Å². The highest BCUT2D eigenvalue weighted by Gasteiger charge is 2.18. The molecule has 28 heavy (non-hydrogen) atoms. The average molecular weight is 382 g/mol. The van der Waals surface area contributed by atoms with Crippen molar-refractivity contribution in [2.24, 2.45) is 0 Å². The molecule has 1 amide bonds. The molecule has 0 unspecified atom stereocenters. The Morgan fingerprint density at radius 3 is 2.61 bits per heavy atom. The lowest BCUT2D eigenvalue weighted by atomic mass is 10.2. The number of carbonyl (C=O) groups excluding carboxylic acids is 2. The monoisotopic (exact) mass is 382 g/mol. The summed E-state index contributed by atoms with van der Waals surface area (Å²) in [6.45, 7) is 0.910. The molecule has 7 heteroatoms. The third-order valence-electron chi connectivity index (χ3n) is 4.25. The highest BCUT2D eigenvalue weighted by atomic mass is 16.5. The summed E-state index contributed by atoms with van der Waals surface area (Å²) in [6.07, 6.45) is -0.0545. The van der Waals surface area contributed by atoms with Crippen molar-refractivity contribution in [2.45, 2.75) is 13.0 Å². The topological polar surface area (TPSA) is 81.9 Å². The highest BCUT2D eigenvalue weighted by Crippen LogP contribution is 2.18. The van der Waals surface area contributed by atoms with Gasteiger partial charge in [0.1, 0.15) is 5.69 Å². The molecule has 0 bridgehead atoms. The Morgan fingerprint density at radius 2 is 1.82 bits per heavy atom. The number of nitrogens with zero attached hydrogens (tertiary/aromatic N) is 2. The molecule has 0 N–H and O–H groups in total. The molecule has 2 aromatic carbocycles. The first-order chi connectivity index (χ1) is 13.7. The summed E-state index contributed by atoms with van der Waals surface area (Å²) in [4.78, 5) is 26.3. The van der Waals surface area contributed by atoms with Gasteiger partial charge >= 0.3 is 5.97 Å². The maximum Gasteiger partial charge on any atom is 0.312 e. The van der Waals surface area contributed by atoms with Gasteiger partial charge in [-0.15, -0.1) is 0 Å². The fourth-order valence-corrected chi connectivity index (χ4v) is 2.78. The Hall–Kier alpha value is -3.19.